The maximum atomic E-state index is 10.4. The zero-order chi connectivity index (χ0) is 25.8. The predicted molar refractivity (Wildman–Crippen MR) is 137 cm³/mol. The van der Waals surface area contributed by atoms with Crippen LogP contribution in [0.5, 0.6) is 0 Å². The van der Waals surface area contributed by atoms with E-state index in [1.54, 1.807) is 24.3 Å². The highest BCUT2D eigenvalue weighted by atomic mass is 32.2. The minimum atomic E-state index is -0.471. The standard InChI is InChI=1S/C11H14N2O3S.C7H4N2O2S.C4H10O/c1-2-3-8-16-11(17)12-9-4-6-10(7-5-9)13(14)15;8-5-12-7-3-1-6(2-4-7)9(10)11;1-2-3-4-5/h4-7H,2-3,8H2,1H3,(H,12,17);1-4H;5H,2-4H2,1H3. The molecule has 0 aliphatic rings. The number of nitro groups is 2. The van der Waals surface area contributed by atoms with Crippen molar-refractivity contribution in [2.24, 2.45) is 0 Å². The topological polar surface area (TPSA) is 152 Å². The largest absolute Gasteiger partial charge is 0.471 e. The summed E-state index contributed by atoms with van der Waals surface area (Å²) in [6.45, 7) is 5.04. The Labute approximate surface area is 208 Å². The summed E-state index contributed by atoms with van der Waals surface area (Å²) in [5.41, 5.74) is 0.766. The Morgan fingerprint density at radius 1 is 1.03 bits per heavy atom. The van der Waals surface area contributed by atoms with Crippen LogP contribution in [-0.4, -0.2) is 33.3 Å². The third kappa shape index (κ3) is 14.7. The molecule has 12 heteroatoms. The molecule has 0 aliphatic heterocycles. The zero-order valence-electron chi connectivity index (χ0n) is 19.0. The number of nitrogens with one attached hydrogen (secondary N) is 1. The van der Waals surface area contributed by atoms with Gasteiger partial charge in [0, 0.05) is 41.5 Å². The van der Waals surface area contributed by atoms with Crippen LogP contribution in [0.4, 0.5) is 17.1 Å². The summed E-state index contributed by atoms with van der Waals surface area (Å²) >= 11 is 5.95. The van der Waals surface area contributed by atoms with Crippen LogP contribution in [0.3, 0.4) is 0 Å². The number of thiocarbonyl (C=S) groups is 1. The number of thiocyanates is 1. The fraction of sp³-hybridized carbons (Fsp3) is 0.364. The summed E-state index contributed by atoms with van der Waals surface area (Å²) in [6.07, 6.45) is 4.03. The number of aliphatic hydroxyl groups is 1. The van der Waals surface area contributed by atoms with Crippen LogP contribution in [0, 0.1) is 30.9 Å². The molecule has 0 aliphatic carbocycles. The number of nitrogens with zero attached hydrogens (tertiary/aromatic N) is 3. The second kappa shape index (κ2) is 19.2. The summed E-state index contributed by atoms with van der Waals surface area (Å²) in [5.74, 6) is 0. The molecule has 0 spiro atoms. The number of anilines is 1. The number of hydrogen-bond donors (Lipinski definition) is 2. The van der Waals surface area contributed by atoms with Gasteiger partial charge in [-0.05, 0) is 61.1 Å². The van der Waals surface area contributed by atoms with E-state index in [1.165, 1.54) is 24.3 Å². The molecule has 2 aromatic carbocycles. The molecule has 0 heterocycles. The summed E-state index contributed by atoms with van der Waals surface area (Å²) in [5, 5.41) is 42.0. The SMILES string of the molecule is CCCCO.CCCCOC(=S)Nc1ccc([N+](=O)[O-])cc1.N#CSc1ccc([N+](=O)[O-])cc1. The lowest BCUT2D eigenvalue weighted by Gasteiger charge is -2.08. The lowest BCUT2D eigenvalue weighted by atomic mass is 10.3. The first-order chi connectivity index (χ1) is 16.3. The number of ether oxygens (including phenoxy) is 1. The molecule has 0 radical (unpaired) electrons. The summed E-state index contributed by atoms with van der Waals surface area (Å²) in [4.78, 5) is 20.4. The van der Waals surface area contributed by atoms with E-state index in [4.69, 9.17) is 27.3 Å². The Bertz CT molecular complexity index is 916. The number of rotatable bonds is 9. The molecule has 0 saturated carbocycles. The second-order valence-electron chi connectivity index (χ2n) is 6.44. The molecule has 0 aromatic heterocycles. The first-order valence-corrected chi connectivity index (χ1v) is 11.6. The zero-order valence-corrected chi connectivity index (χ0v) is 20.6. The van der Waals surface area contributed by atoms with Gasteiger partial charge in [0.05, 0.1) is 16.5 Å². The fourth-order valence-corrected chi connectivity index (χ4v) is 2.56. The van der Waals surface area contributed by atoms with Crippen LogP contribution in [0.25, 0.3) is 0 Å². The minimum absolute atomic E-state index is 0.0392. The monoisotopic (exact) mass is 508 g/mol. The molecular formula is C22H28N4O6S2. The Kier molecular flexibility index (Phi) is 17.4. The van der Waals surface area contributed by atoms with Crippen LogP contribution >= 0.6 is 24.0 Å². The van der Waals surface area contributed by atoms with Crippen LogP contribution in [-0.2, 0) is 4.74 Å². The summed E-state index contributed by atoms with van der Waals surface area (Å²) in [7, 11) is 0. The van der Waals surface area contributed by atoms with Crippen LogP contribution in [0.15, 0.2) is 53.4 Å². The molecule has 2 rings (SSSR count). The highest BCUT2D eigenvalue weighted by Crippen LogP contribution is 2.19. The average molecular weight is 509 g/mol. The highest BCUT2D eigenvalue weighted by Gasteiger charge is 2.05. The molecule has 2 N–H and O–H groups in total. The van der Waals surface area contributed by atoms with Crippen molar-refractivity contribution in [2.75, 3.05) is 18.5 Å². The van der Waals surface area contributed by atoms with E-state index < -0.39 is 9.85 Å². The quantitative estimate of drug-likeness (QED) is 0.102. The predicted octanol–water partition coefficient (Wildman–Crippen LogP) is 6.06. The van der Waals surface area contributed by atoms with Gasteiger partial charge in [0.25, 0.3) is 16.5 Å². The van der Waals surface area contributed by atoms with Gasteiger partial charge in [-0.1, -0.05) is 26.7 Å². The highest BCUT2D eigenvalue weighted by molar-refractivity contribution is 8.03. The number of aliphatic hydroxyl groups excluding tert-OH is 1. The lowest BCUT2D eigenvalue weighted by Crippen LogP contribution is -2.13. The van der Waals surface area contributed by atoms with Crippen molar-refractivity contribution in [3.8, 4) is 5.40 Å². The summed E-state index contributed by atoms with van der Waals surface area (Å²) < 4.78 is 5.25. The number of benzene rings is 2. The van der Waals surface area contributed by atoms with Gasteiger partial charge in [0.2, 0.25) is 0 Å². The van der Waals surface area contributed by atoms with E-state index in [-0.39, 0.29) is 16.5 Å². The van der Waals surface area contributed by atoms with Crippen molar-refractivity contribution >= 4 is 46.2 Å². The van der Waals surface area contributed by atoms with Crippen molar-refractivity contribution in [3.63, 3.8) is 0 Å². The van der Waals surface area contributed by atoms with Crippen molar-refractivity contribution in [1.82, 2.24) is 0 Å². The molecule has 0 bridgehead atoms. The lowest BCUT2D eigenvalue weighted by molar-refractivity contribution is -0.385. The molecule has 0 unspecified atom stereocenters. The van der Waals surface area contributed by atoms with Crippen molar-refractivity contribution in [1.29, 1.82) is 5.26 Å². The van der Waals surface area contributed by atoms with E-state index in [0.717, 1.165) is 37.4 Å². The molecule has 10 nitrogen and oxygen atoms in total. The Morgan fingerprint density at radius 2 is 1.53 bits per heavy atom. The van der Waals surface area contributed by atoms with Gasteiger partial charge in [0.15, 0.2) is 0 Å². The molecule has 0 saturated heterocycles. The molecule has 0 amide bonds. The van der Waals surface area contributed by atoms with Gasteiger partial charge in [-0.15, -0.1) is 0 Å². The van der Waals surface area contributed by atoms with Gasteiger partial charge < -0.3 is 15.2 Å². The van der Waals surface area contributed by atoms with Crippen LogP contribution in [0.1, 0.15) is 39.5 Å². The molecular weight excluding hydrogens is 480 g/mol. The Morgan fingerprint density at radius 3 is 1.91 bits per heavy atom. The third-order valence-electron chi connectivity index (χ3n) is 3.78. The maximum absolute atomic E-state index is 10.4. The average Bonchev–Trinajstić information content (AvgIpc) is 2.81. The van der Waals surface area contributed by atoms with Crippen molar-refractivity contribution < 1.29 is 19.7 Å². The molecule has 0 fully saturated rings. The number of thioether (sulfide) groups is 1. The van der Waals surface area contributed by atoms with Gasteiger partial charge in [-0.3, -0.25) is 20.2 Å². The van der Waals surface area contributed by atoms with Crippen LogP contribution in [0.2, 0.25) is 0 Å². The second-order valence-corrected chi connectivity index (χ2v) is 7.67. The number of nitro benzene ring substituents is 2. The molecule has 0 atom stereocenters. The van der Waals surface area contributed by atoms with E-state index >= 15 is 0 Å². The first kappa shape index (κ1) is 30.7. The van der Waals surface area contributed by atoms with Gasteiger partial charge in [-0.25, -0.2) is 0 Å². The minimum Gasteiger partial charge on any atom is -0.471 e. The number of hydrogen-bond acceptors (Lipinski definition) is 9. The number of nitriles is 1. The van der Waals surface area contributed by atoms with Crippen molar-refractivity contribution in [3.05, 3.63) is 68.8 Å². The van der Waals surface area contributed by atoms with E-state index in [1.807, 2.05) is 5.40 Å². The van der Waals surface area contributed by atoms with Gasteiger partial charge in [-0.2, -0.15) is 5.26 Å². The van der Waals surface area contributed by atoms with E-state index in [2.05, 4.69) is 19.2 Å². The van der Waals surface area contributed by atoms with Gasteiger partial charge >= 0.3 is 0 Å². The molecule has 184 valence electrons. The first-order valence-electron chi connectivity index (χ1n) is 10.4. The number of unbranched alkanes of at least 4 members (excludes halogenated alkanes) is 2. The summed E-state index contributed by atoms with van der Waals surface area (Å²) in [6, 6.07) is 11.9. The van der Waals surface area contributed by atoms with Gasteiger partial charge in [0.1, 0.15) is 5.40 Å². The van der Waals surface area contributed by atoms with E-state index in [0.29, 0.717) is 23.8 Å². The number of non-ortho nitro benzene ring substituents is 2. The van der Waals surface area contributed by atoms with E-state index in [9.17, 15) is 20.2 Å². The fourth-order valence-electron chi connectivity index (χ4n) is 1.98. The third-order valence-corrected chi connectivity index (χ3v) is 4.60. The normalized spacial score (nSPS) is 9.24. The smallest absolute Gasteiger partial charge is 0.269 e. The molecule has 34 heavy (non-hydrogen) atoms. The molecule has 2 aromatic rings. The maximum Gasteiger partial charge on any atom is 0.269 e. The Hall–Kier alpha value is -3.27. The van der Waals surface area contributed by atoms with Crippen molar-refractivity contribution in [2.45, 2.75) is 44.4 Å². The Balaban J connectivity index is 0.000000556. The van der Waals surface area contributed by atoms with Crippen LogP contribution < -0.4 is 5.32 Å².